The van der Waals surface area contributed by atoms with Gasteiger partial charge in [-0.2, -0.15) is 0 Å². The van der Waals surface area contributed by atoms with Gasteiger partial charge in [-0.1, -0.05) is 19.8 Å². The Bertz CT molecular complexity index is 961. The Balaban J connectivity index is 0.00000116. The molecule has 1 radical (unpaired) electrons. The zero-order chi connectivity index (χ0) is 16.2. The summed E-state index contributed by atoms with van der Waals surface area (Å²) in [6.45, 7) is -0.346. The largest absolute Gasteiger partial charge is 0 e. The third-order valence-corrected chi connectivity index (χ3v) is 61.4. The molecule has 0 aromatic rings. The maximum absolute atomic E-state index is 2.67. The van der Waals surface area contributed by atoms with E-state index in [1.807, 2.05) is 0 Å². The van der Waals surface area contributed by atoms with Crippen molar-refractivity contribution in [3.05, 3.63) is 0 Å². The summed E-state index contributed by atoms with van der Waals surface area (Å²) in [6.07, 6.45) is 20.1. The summed E-state index contributed by atoms with van der Waals surface area (Å²) in [7, 11) is 0. The van der Waals surface area contributed by atoms with Crippen LogP contribution in [0.25, 0.3) is 0 Å². The first-order valence-electron chi connectivity index (χ1n) is 12.3. The summed E-state index contributed by atoms with van der Waals surface area (Å²) in [4.78, 5) is 14.0. The summed E-state index contributed by atoms with van der Waals surface area (Å²) in [6, 6.07) is 0. The van der Waals surface area contributed by atoms with E-state index in [9.17, 15) is 0 Å². The van der Waals surface area contributed by atoms with E-state index in [1.165, 1.54) is 55.7 Å². The van der Waals surface area contributed by atoms with Crippen molar-refractivity contribution in [2.75, 3.05) is 0 Å². The molecule has 10 aliphatic heterocycles. The smallest absolute Gasteiger partial charge is 0 e. The number of rotatable bonds is 13. The van der Waals surface area contributed by atoms with E-state index in [0.717, 1.165) is 0 Å². The molecule has 0 aliphatic carbocycles. The normalized spacial score (nSPS) is 81.7. The second kappa shape index (κ2) is 1.97. The molecule has 10 heterocycles. The minimum absolute atomic E-state index is 0. The van der Waals surface area contributed by atoms with E-state index in [-0.39, 0.29) is 22.4 Å². The molecule has 0 bridgehead atoms. The van der Waals surface area contributed by atoms with Crippen LogP contribution in [0, 0.1) is 0 Å². The van der Waals surface area contributed by atoms with E-state index < -0.39 is 6.51 Å². The molecule has 0 amide bonds. The van der Waals surface area contributed by atoms with Gasteiger partial charge in [-0.05, 0) is 0 Å². The van der Waals surface area contributed by atoms with Crippen molar-refractivity contribution in [3.63, 3.8) is 0 Å². The number of fused-ring (bicyclic) bond motifs is 10. The van der Waals surface area contributed by atoms with Crippen molar-refractivity contribution in [3.8, 4) is 0 Å². The topological polar surface area (TPSA) is 0 Å². The van der Waals surface area contributed by atoms with Gasteiger partial charge in [-0.25, -0.2) is 0 Å². The average molecular weight is 490 g/mol. The van der Waals surface area contributed by atoms with Gasteiger partial charge in [0.2, 0.25) is 0 Å². The fraction of sp³-hybridized carbons (Fsp3) is 1.00. The molecule has 0 aromatic heterocycles. The molecule has 2 heteroatoms. The molecule has 10 rings (SSSR count). The summed E-state index contributed by atoms with van der Waals surface area (Å²) in [5, 5.41) is 0. The molecular formula is C24H38AgFe. The average Bonchev–Trinajstić information content (AvgIpc) is 3.56. The molecule has 4 unspecified atom stereocenters. The van der Waals surface area contributed by atoms with Gasteiger partial charge in [0.15, 0.2) is 0 Å². The molecule has 10 saturated heterocycles. The molecule has 10 fully saturated rings. The van der Waals surface area contributed by atoms with Gasteiger partial charge < -0.3 is 0 Å². The van der Waals surface area contributed by atoms with Crippen molar-refractivity contribution >= 4 is 0 Å². The Morgan fingerprint density at radius 1 is 0.538 bits per heavy atom. The molecule has 1 spiro atoms. The second-order valence-corrected chi connectivity index (χ2v) is 38.1. The third-order valence-electron chi connectivity index (χ3n) is 18.4. The maximum atomic E-state index is 2.32. The van der Waals surface area contributed by atoms with E-state index in [1.54, 1.807) is 75.5 Å². The molecule has 0 aromatic carbocycles. The number of unbranched alkanes of at least 4 members (excludes halogenated alkanes) is 11. The Hall–Kier alpha value is 1.26. The van der Waals surface area contributed by atoms with Crippen molar-refractivity contribution in [1.29, 1.82) is 0 Å². The van der Waals surface area contributed by atoms with Crippen molar-refractivity contribution in [2.24, 2.45) is 0 Å². The van der Waals surface area contributed by atoms with Gasteiger partial charge in [-0.3, -0.25) is 0 Å². The first-order valence-corrected chi connectivity index (χ1v) is 18.6. The van der Waals surface area contributed by atoms with Crippen LogP contribution < -0.4 is 0 Å². The molecule has 0 N–H and O–H groups in total. The first-order chi connectivity index (χ1) is 12.1. The van der Waals surface area contributed by atoms with Crippen molar-refractivity contribution in [2.45, 2.75) is 138 Å². The molecule has 10 aliphatic rings. The standard InChI is InChI=1S/C19H33.C5H5.Ag.Fe/c1-2-3-4-5-6-7-8-9-10-11-12-13-16-19-17-14-15-18-19;1-2-4-5-3-1;;/h14-15,17-18H,2-13,16H2,1H3;1-5H;;. The summed E-state index contributed by atoms with van der Waals surface area (Å²) < 4.78 is 1.23. The summed E-state index contributed by atoms with van der Waals surface area (Å²) in [5.41, 5.74) is 0. The van der Waals surface area contributed by atoms with Gasteiger partial charge in [0.05, 0.1) is 0 Å². The Morgan fingerprint density at radius 2 is 0.923 bits per heavy atom. The molecular weight excluding hydrogens is 452 g/mol. The van der Waals surface area contributed by atoms with Crippen LogP contribution in [0.4, 0.5) is 0 Å². The monoisotopic (exact) mass is 489 g/mol. The van der Waals surface area contributed by atoms with E-state index in [0.29, 0.717) is 0 Å². The first kappa shape index (κ1) is 15.1. The van der Waals surface area contributed by atoms with Crippen LogP contribution in [0.1, 0.15) is 90.4 Å². The number of hydrogen-bond donors (Lipinski definition) is 0. The van der Waals surface area contributed by atoms with E-state index in [4.69, 9.17) is 0 Å². The van der Waals surface area contributed by atoms with Crippen LogP contribution in [-0.4, -0.2) is 0 Å². The summed E-state index contributed by atoms with van der Waals surface area (Å²) >= 11 is 0. The second-order valence-electron chi connectivity index (χ2n) is 14.5. The molecule has 0 nitrogen and oxygen atoms in total. The van der Waals surface area contributed by atoms with E-state index in [2.05, 4.69) is 6.92 Å². The third kappa shape index (κ3) is 0.283. The van der Waals surface area contributed by atoms with E-state index >= 15 is 0 Å². The van der Waals surface area contributed by atoms with Gasteiger partial charge in [-0.15, -0.1) is 0 Å². The fourth-order valence-corrected chi connectivity index (χ4v) is 94.9. The summed E-state index contributed by atoms with van der Waals surface area (Å²) in [5.74, 6) is 0. The molecule has 0 saturated carbocycles. The van der Waals surface area contributed by atoms with Crippen LogP contribution in [0.2, 0.25) is 47.7 Å². The van der Waals surface area contributed by atoms with Gasteiger partial charge in [0, 0.05) is 22.4 Å². The zero-order valence-corrected chi connectivity index (χ0v) is 19.1. The fourth-order valence-electron chi connectivity index (χ4n) is 19.6. The molecule has 4 atom stereocenters. The van der Waals surface area contributed by atoms with Gasteiger partial charge in [0.25, 0.3) is 0 Å². The quantitative estimate of drug-likeness (QED) is 0.179. The Labute approximate surface area is 166 Å². The van der Waals surface area contributed by atoms with Gasteiger partial charge >= 0.3 is 125 Å². The van der Waals surface area contributed by atoms with Crippen LogP contribution in [0.5, 0.6) is 0 Å². The minimum atomic E-state index is -2.67. The van der Waals surface area contributed by atoms with Crippen LogP contribution in [0.3, 0.4) is 0 Å². The zero-order valence-electron chi connectivity index (χ0n) is 16.5. The predicted molar refractivity (Wildman–Crippen MR) is 102 cm³/mol. The van der Waals surface area contributed by atoms with Crippen LogP contribution in [-0.2, 0) is 28.9 Å². The Morgan fingerprint density at radius 3 is 1.23 bits per heavy atom. The van der Waals surface area contributed by atoms with Crippen LogP contribution in [0.15, 0.2) is 0 Å². The minimum Gasteiger partial charge on any atom is 0 e. The SMILES string of the molecule is CCCCCCCCCCCCCC[C]12[CH]3[CH]4[CH]5[CH]1[Fe]45321678[CH]2[CH]1[CH]6[CH]7[CH]28.[Ag]. The molecule has 26 heavy (non-hydrogen) atoms. The van der Waals surface area contributed by atoms with Gasteiger partial charge in [0.1, 0.15) is 0 Å². The van der Waals surface area contributed by atoms with Crippen LogP contribution >= 0.6 is 0 Å². The maximum Gasteiger partial charge on any atom is 0 e. The Kier molecular flexibility index (Phi) is 1.14. The number of hydrogen-bond acceptors (Lipinski definition) is 0. The predicted octanol–water partition coefficient (Wildman–Crippen LogP) is 8.83. The molecule has 153 valence electrons. The van der Waals surface area contributed by atoms with Crippen molar-refractivity contribution < 1.29 is 28.9 Å². The van der Waals surface area contributed by atoms with Crippen molar-refractivity contribution in [1.82, 2.24) is 0 Å².